The second kappa shape index (κ2) is 5.25. The van der Waals surface area contributed by atoms with E-state index < -0.39 is 15.1 Å². The van der Waals surface area contributed by atoms with Gasteiger partial charge in [-0.2, -0.15) is 0 Å². The fraction of sp³-hybridized carbons (Fsp3) is 0.417. The summed E-state index contributed by atoms with van der Waals surface area (Å²) < 4.78 is 24.4. The number of aldehydes is 1. The Balaban J connectivity index is 3.13. The monoisotopic (exact) mass is 240 g/mol. The molecular formula is C12H16O3S. The average Bonchev–Trinajstić information content (AvgIpc) is 2.26. The lowest BCUT2D eigenvalue weighted by atomic mass is 10.1. The molecule has 0 bridgehead atoms. The van der Waals surface area contributed by atoms with Crippen LogP contribution in [0.2, 0.25) is 0 Å². The van der Waals surface area contributed by atoms with Crippen molar-refractivity contribution in [2.45, 2.75) is 30.4 Å². The highest BCUT2D eigenvalue weighted by atomic mass is 32.2. The van der Waals surface area contributed by atoms with Gasteiger partial charge in [-0.3, -0.25) is 0 Å². The summed E-state index contributed by atoms with van der Waals surface area (Å²) in [5, 5.41) is -0.632. The summed E-state index contributed by atoms with van der Waals surface area (Å²) in [5.41, 5.74) is 0. The van der Waals surface area contributed by atoms with Crippen molar-refractivity contribution in [3.05, 3.63) is 30.3 Å². The molecule has 1 aromatic rings. The summed E-state index contributed by atoms with van der Waals surface area (Å²) in [4.78, 5) is 10.8. The standard InChI is InChI=1S/C12H16O3S/c1-10(2)12(8-9-13)16(14,15)11-6-4-3-5-7-11/h3-7,9-10,12H,8H2,1-2H3. The first-order valence-electron chi connectivity index (χ1n) is 5.22. The Bertz CT molecular complexity index is 435. The van der Waals surface area contributed by atoms with Gasteiger partial charge in [0.2, 0.25) is 0 Å². The predicted molar refractivity (Wildman–Crippen MR) is 62.9 cm³/mol. The predicted octanol–water partition coefficient (Wildman–Crippen LogP) is 2.07. The fourth-order valence-corrected chi connectivity index (χ4v) is 3.57. The van der Waals surface area contributed by atoms with Gasteiger partial charge in [0.05, 0.1) is 10.1 Å². The minimum atomic E-state index is -3.39. The first kappa shape index (κ1) is 12.9. The van der Waals surface area contributed by atoms with E-state index in [1.165, 1.54) is 0 Å². The molecule has 1 unspecified atom stereocenters. The minimum absolute atomic E-state index is 0.0505. The van der Waals surface area contributed by atoms with E-state index in [1.54, 1.807) is 30.3 Å². The number of rotatable bonds is 5. The molecule has 0 aliphatic carbocycles. The van der Waals surface area contributed by atoms with Gasteiger partial charge < -0.3 is 4.79 Å². The molecule has 0 radical (unpaired) electrons. The zero-order valence-electron chi connectivity index (χ0n) is 9.46. The molecule has 16 heavy (non-hydrogen) atoms. The van der Waals surface area contributed by atoms with Crippen LogP contribution in [0, 0.1) is 5.92 Å². The lowest BCUT2D eigenvalue weighted by Crippen LogP contribution is -2.27. The van der Waals surface area contributed by atoms with E-state index in [2.05, 4.69) is 0 Å². The van der Waals surface area contributed by atoms with Crippen molar-refractivity contribution in [1.82, 2.24) is 0 Å². The van der Waals surface area contributed by atoms with Crippen molar-refractivity contribution in [2.24, 2.45) is 5.92 Å². The van der Waals surface area contributed by atoms with Gasteiger partial charge in [-0.05, 0) is 18.1 Å². The summed E-state index contributed by atoms with van der Waals surface area (Å²) in [5.74, 6) is -0.0737. The van der Waals surface area contributed by atoms with Gasteiger partial charge in [-0.1, -0.05) is 32.0 Å². The van der Waals surface area contributed by atoms with Crippen LogP contribution in [0.3, 0.4) is 0 Å². The van der Waals surface area contributed by atoms with Crippen LogP contribution < -0.4 is 0 Å². The van der Waals surface area contributed by atoms with Crippen molar-refractivity contribution in [3.63, 3.8) is 0 Å². The third-order valence-corrected chi connectivity index (χ3v) is 5.01. The molecule has 0 amide bonds. The van der Waals surface area contributed by atoms with E-state index in [-0.39, 0.29) is 17.2 Å². The normalized spacial score (nSPS) is 13.7. The molecule has 0 aliphatic heterocycles. The largest absolute Gasteiger partial charge is 0.303 e. The van der Waals surface area contributed by atoms with Crippen LogP contribution in [-0.2, 0) is 14.6 Å². The maximum Gasteiger partial charge on any atom is 0.181 e. The number of hydrogen-bond acceptors (Lipinski definition) is 3. The molecule has 1 aromatic carbocycles. The maximum absolute atomic E-state index is 12.2. The molecular weight excluding hydrogens is 224 g/mol. The van der Waals surface area contributed by atoms with E-state index in [1.807, 2.05) is 13.8 Å². The highest BCUT2D eigenvalue weighted by Crippen LogP contribution is 2.23. The lowest BCUT2D eigenvalue weighted by molar-refractivity contribution is -0.108. The maximum atomic E-state index is 12.2. The summed E-state index contributed by atoms with van der Waals surface area (Å²) in [6.07, 6.45) is 0.722. The van der Waals surface area contributed by atoms with Gasteiger partial charge in [0.25, 0.3) is 0 Å². The zero-order chi connectivity index (χ0) is 12.2. The second-order valence-corrected chi connectivity index (χ2v) is 6.21. The molecule has 1 atom stereocenters. The zero-order valence-corrected chi connectivity index (χ0v) is 10.3. The van der Waals surface area contributed by atoms with Crippen LogP contribution in [0.5, 0.6) is 0 Å². The minimum Gasteiger partial charge on any atom is -0.303 e. The molecule has 0 fully saturated rings. The van der Waals surface area contributed by atoms with Crippen LogP contribution in [0.1, 0.15) is 20.3 Å². The Morgan fingerprint density at radius 1 is 1.19 bits per heavy atom. The summed E-state index contributed by atoms with van der Waals surface area (Å²) in [7, 11) is -3.39. The summed E-state index contributed by atoms with van der Waals surface area (Å²) >= 11 is 0. The fourth-order valence-electron chi connectivity index (χ4n) is 1.64. The van der Waals surface area contributed by atoms with Gasteiger partial charge in [0.15, 0.2) is 9.84 Å². The number of sulfone groups is 1. The van der Waals surface area contributed by atoms with Crippen molar-refractivity contribution in [1.29, 1.82) is 0 Å². The molecule has 4 heteroatoms. The van der Waals surface area contributed by atoms with E-state index in [9.17, 15) is 13.2 Å². The second-order valence-electron chi connectivity index (χ2n) is 4.04. The summed E-state index contributed by atoms with van der Waals surface area (Å²) in [6, 6.07) is 8.27. The van der Waals surface area contributed by atoms with Crippen LogP contribution in [-0.4, -0.2) is 20.0 Å². The Kier molecular flexibility index (Phi) is 4.24. The first-order chi connectivity index (χ1) is 7.50. The number of hydrogen-bond donors (Lipinski definition) is 0. The van der Waals surface area contributed by atoms with Crippen molar-refractivity contribution in [3.8, 4) is 0 Å². The number of benzene rings is 1. The molecule has 1 rings (SSSR count). The van der Waals surface area contributed by atoms with Crippen LogP contribution in [0.15, 0.2) is 35.2 Å². The highest BCUT2D eigenvalue weighted by Gasteiger charge is 2.29. The third kappa shape index (κ3) is 2.70. The van der Waals surface area contributed by atoms with Gasteiger partial charge in [-0.25, -0.2) is 8.42 Å². The lowest BCUT2D eigenvalue weighted by Gasteiger charge is -2.18. The SMILES string of the molecule is CC(C)C(CC=O)S(=O)(=O)c1ccccc1. The smallest absolute Gasteiger partial charge is 0.181 e. The van der Waals surface area contributed by atoms with Crippen LogP contribution in [0.4, 0.5) is 0 Å². The highest BCUT2D eigenvalue weighted by molar-refractivity contribution is 7.92. The van der Waals surface area contributed by atoms with Crippen molar-refractivity contribution < 1.29 is 13.2 Å². The van der Waals surface area contributed by atoms with E-state index >= 15 is 0 Å². The molecule has 0 heterocycles. The number of carbonyl (C=O) groups excluding carboxylic acids is 1. The molecule has 0 spiro atoms. The topological polar surface area (TPSA) is 51.2 Å². The Labute approximate surface area is 96.4 Å². The number of carbonyl (C=O) groups is 1. The van der Waals surface area contributed by atoms with Gasteiger partial charge in [0.1, 0.15) is 6.29 Å². The van der Waals surface area contributed by atoms with E-state index in [4.69, 9.17) is 0 Å². The molecule has 0 N–H and O–H groups in total. The van der Waals surface area contributed by atoms with Crippen molar-refractivity contribution in [2.75, 3.05) is 0 Å². The van der Waals surface area contributed by atoms with E-state index in [0.717, 1.165) is 0 Å². The molecule has 0 saturated heterocycles. The third-order valence-electron chi connectivity index (χ3n) is 2.54. The van der Waals surface area contributed by atoms with Crippen LogP contribution >= 0.6 is 0 Å². The average molecular weight is 240 g/mol. The quantitative estimate of drug-likeness (QED) is 0.740. The Morgan fingerprint density at radius 3 is 2.19 bits per heavy atom. The van der Waals surface area contributed by atoms with Gasteiger partial charge in [-0.15, -0.1) is 0 Å². The first-order valence-corrected chi connectivity index (χ1v) is 6.77. The summed E-state index contributed by atoms with van der Waals surface area (Å²) in [6.45, 7) is 3.63. The molecule has 3 nitrogen and oxygen atoms in total. The molecule has 0 aliphatic rings. The van der Waals surface area contributed by atoms with Gasteiger partial charge >= 0.3 is 0 Å². The van der Waals surface area contributed by atoms with Gasteiger partial charge in [0, 0.05) is 6.42 Å². The molecule has 0 saturated carbocycles. The molecule has 88 valence electrons. The molecule has 0 aromatic heterocycles. The van der Waals surface area contributed by atoms with Crippen molar-refractivity contribution >= 4 is 16.1 Å². The Morgan fingerprint density at radius 2 is 1.75 bits per heavy atom. The Hall–Kier alpha value is -1.16. The van der Waals surface area contributed by atoms with Crippen LogP contribution in [0.25, 0.3) is 0 Å². The van der Waals surface area contributed by atoms with E-state index in [0.29, 0.717) is 6.29 Å².